The first-order chi connectivity index (χ1) is 7.54. The van der Waals surface area contributed by atoms with Gasteiger partial charge in [0.15, 0.2) is 5.16 Å². The van der Waals surface area contributed by atoms with Crippen molar-refractivity contribution in [3.63, 3.8) is 0 Å². The van der Waals surface area contributed by atoms with E-state index in [0.717, 1.165) is 16.4 Å². The number of hydrogen-bond donors (Lipinski definition) is 2. The zero-order valence-electron chi connectivity index (χ0n) is 9.43. The van der Waals surface area contributed by atoms with Gasteiger partial charge in [0.2, 0.25) is 5.96 Å². The summed E-state index contributed by atoms with van der Waals surface area (Å²) in [5.74, 6) is -0.0707. The summed E-state index contributed by atoms with van der Waals surface area (Å²) in [4.78, 5) is 8.47. The molecule has 86 valence electrons. The van der Waals surface area contributed by atoms with E-state index in [0.29, 0.717) is 5.71 Å². The summed E-state index contributed by atoms with van der Waals surface area (Å²) in [6.45, 7) is 3.70. The molecule has 0 spiro atoms. The van der Waals surface area contributed by atoms with E-state index in [9.17, 15) is 0 Å². The molecule has 1 aromatic heterocycles. The summed E-state index contributed by atoms with van der Waals surface area (Å²) in [7, 11) is 0. The van der Waals surface area contributed by atoms with Crippen LogP contribution in [0.4, 0.5) is 0 Å². The van der Waals surface area contributed by atoms with E-state index < -0.39 is 0 Å². The Balaban J connectivity index is 3.05. The van der Waals surface area contributed by atoms with Gasteiger partial charge in [-0.2, -0.15) is 5.10 Å². The van der Waals surface area contributed by atoms with Gasteiger partial charge in [0.05, 0.1) is 11.4 Å². The summed E-state index contributed by atoms with van der Waals surface area (Å²) in [6, 6.07) is 0. The van der Waals surface area contributed by atoms with Crippen molar-refractivity contribution < 1.29 is 0 Å². The van der Waals surface area contributed by atoms with Gasteiger partial charge in [-0.3, -0.25) is 0 Å². The molecule has 0 aromatic carbocycles. The molecule has 6 nitrogen and oxygen atoms in total. The predicted molar refractivity (Wildman–Crippen MR) is 66.6 cm³/mol. The Labute approximate surface area is 98.3 Å². The van der Waals surface area contributed by atoms with Gasteiger partial charge in [0, 0.05) is 11.8 Å². The fourth-order valence-electron chi connectivity index (χ4n) is 1.09. The van der Waals surface area contributed by atoms with Crippen molar-refractivity contribution in [2.45, 2.75) is 19.0 Å². The molecule has 1 aromatic rings. The van der Waals surface area contributed by atoms with Crippen LogP contribution < -0.4 is 11.5 Å². The van der Waals surface area contributed by atoms with Gasteiger partial charge in [-0.1, -0.05) is 11.8 Å². The number of rotatable bonds is 3. The molecular formula is C9H14N6S. The predicted octanol–water partition coefficient (Wildman–Crippen LogP) is 0.504. The van der Waals surface area contributed by atoms with E-state index in [1.165, 1.54) is 11.8 Å². The highest BCUT2D eigenvalue weighted by atomic mass is 32.2. The molecule has 0 aliphatic carbocycles. The molecule has 0 unspecified atom stereocenters. The number of nitrogens with two attached hydrogens (primary N) is 2. The maximum atomic E-state index is 5.19. The van der Waals surface area contributed by atoms with Crippen molar-refractivity contribution in [1.82, 2.24) is 9.97 Å². The summed E-state index contributed by atoms with van der Waals surface area (Å²) in [5.41, 5.74) is 12.7. The van der Waals surface area contributed by atoms with Crippen LogP contribution in [0.2, 0.25) is 0 Å². The lowest BCUT2D eigenvalue weighted by molar-refractivity contribution is 0.928. The van der Waals surface area contributed by atoms with Crippen LogP contribution >= 0.6 is 11.8 Å². The molecule has 0 bridgehead atoms. The summed E-state index contributed by atoms with van der Waals surface area (Å²) in [5, 5.41) is 8.19. The van der Waals surface area contributed by atoms with Gasteiger partial charge >= 0.3 is 0 Å². The van der Waals surface area contributed by atoms with Crippen LogP contribution in [-0.2, 0) is 0 Å². The Morgan fingerprint density at radius 1 is 1.38 bits per heavy atom. The quantitative estimate of drug-likeness (QED) is 0.262. The SMILES string of the molecule is CSc1ncc(C(C)=NN=C(N)N)c(C)n1. The fourth-order valence-corrected chi connectivity index (χ4v) is 1.47. The molecule has 0 fully saturated rings. The van der Waals surface area contributed by atoms with Crippen molar-refractivity contribution in [2.24, 2.45) is 21.7 Å². The largest absolute Gasteiger partial charge is 0.369 e. The second kappa shape index (κ2) is 5.45. The zero-order chi connectivity index (χ0) is 12.1. The normalized spacial score (nSPS) is 11.3. The highest BCUT2D eigenvalue weighted by molar-refractivity contribution is 7.98. The molecule has 0 aliphatic heterocycles. The highest BCUT2D eigenvalue weighted by Gasteiger charge is 2.05. The molecule has 0 saturated carbocycles. The van der Waals surface area contributed by atoms with Gasteiger partial charge in [0.25, 0.3) is 0 Å². The molecule has 1 rings (SSSR count). The van der Waals surface area contributed by atoms with E-state index in [2.05, 4.69) is 20.2 Å². The third-order valence-electron chi connectivity index (χ3n) is 1.85. The van der Waals surface area contributed by atoms with Crippen LogP contribution in [0.25, 0.3) is 0 Å². The van der Waals surface area contributed by atoms with Crippen molar-refractivity contribution in [1.29, 1.82) is 0 Å². The number of hydrogen-bond acceptors (Lipinski definition) is 5. The molecule has 4 N–H and O–H groups in total. The molecule has 16 heavy (non-hydrogen) atoms. The van der Waals surface area contributed by atoms with E-state index in [1.54, 1.807) is 13.1 Å². The average Bonchev–Trinajstić information content (AvgIpc) is 2.25. The summed E-state index contributed by atoms with van der Waals surface area (Å²) < 4.78 is 0. The van der Waals surface area contributed by atoms with Gasteiger partial charge in [0.1, 0.15) is 0 Å². The molecule has 0 amide bonds. The van der Waals surface area contributed by atoms with Crippen molar-refractivity contribution in [2.75, 3.05) is 6.26 Å². The van der Waals surface area contributed by atoms with E-state index in [-0.39, 0.29) is 5.96 Å². The van der Waals surface area contributed by atoms with E-state index in [1.807, 2.05) is 13.2 Å². The minimum atomic E-state index is -0.0707. The molecule has 0 saturated heterocycles. The molecule has 0 atom stereocenters. The van der Waals surface area contributed by atoms with Crippen molar-refractivity contribution in [3.05, 3.63) is 17.5 Å². The van der Waals surface area contributed by atoms with E-state index >= 15 is 0 Å². The minimum absolute atomic E-state index is 0.0707. The first-order valence-corrected chi connectivity index (χ1v) is 5.78. The van der Waals surface area contributed by atoms with Crippen LogP contribution in [0.15, 0.2) is 21.6 Å². The minimum Gasteiger partial charge on any atom is -0.369 e. The Kier molecular flexibility index (Phi) is 4.24. The molecular weight excluding hydrogens is 224 g/mol. The Bertz CT molecular complexity index is 436. The van der Waals surface area contributed by atoms with Crippen LogP contribution in [0, 0.1) is 6.92 Å². The third kappa shape index (κ3) is 3.20. The lowest BCUT2D eigenvalue weighted by Crippen LogP contribution is -2.22. The fraction of sp³-hybridized carbons (Fsp3) is 0.333. The Morgan fingerprint density at radius 3 is 2.56 bits per heavy atom. The van der Waals surface area contributed by atoms with Gasteiger partial charge < -0.3 is 11.5 Å². The van der Waals surface area contributed by atoms with Gasteiger partial charge in [-0.15, -0.1) is 5.10 Å². The van der Waals surface area contributed by atoms with Crippen LogP contribution in [0.3, 0.4) is 0 Å². The van der Waals surface area contributed by atoms with Gasteiger partial charge in [-0.05, 0) is 20.1 Å². The Morgan fingerprint density at radius 2 is 2.06 bits per heavy atom. The second-order valence-corrected chi connectivity index (χ2v) is 3.84. The molecule has 7 heteroatoms. The summed E-state index contributed by atoms with van der Waals surface area (Å²) in [6.07, 6.45) is 3.64. The number of thioether (sulfide) groups is 1. The maximum absolute atomic E-state index is 5.19. The first kappa shape index (κ1) is 12.4. The van der Waals surface area contributed by atoms with Crippen LogP contribution in [-0.4, -0.2) is 27.9 Å². The topological polar surface area (TPSA) is 103 Å². The summed E-state index contributed by atoms with van der Waals surface area (Å²) >= 11 is 1.49. The molecule has 0 aliphatic rings. The number of nitrogens with zero attached hydrogens (tertiary/aromatic N) is 4. The number of guanidine groups is 1. The second-order valence-electron chi connectivity index (χ2n) is 3.07. The third-order valence-corrected chi connectivity index (χ3v) is 2.41. The lowest BCUT2D eigenvalue weighted by Gasteiger charge is -2.03. The monoisotopic (exact) mass is 238 g/mol. The first-order valence-electron chi connectivity index (χ1n) is 4.55. The van der Waals surface area contributed by atoms with Crippen LogP contribution in [0.1, 0.15) is 18.2 Å². The Hall–Kier alpha value is -1.63. The standard InChI is InChI=1S/C9H14N6S/c1-5-7(4-12-9(13-5)16-3)6(2)14-15-8(10)11/h4H,1-3H3,(H4,10,11,15). The average molecular weight is 238 g/mol. The number of aromatic nitrogens is 2. The molecule has 0 radical (unpaired) electrons. The molecule has 1 heterocycles. The number of aryl methyl sites for hydroxylation is 1. The van der Waals surface area contributed by atoms with E-state index in [4.69, 9.17) is 11.5 Å². The smallest absolute Gasteiger partial charge is 0.211 e. The van der Waals surface area contributed by atoms with Crippen molar-refractivity contribution >= 4 is 23.4 Å². The lowest BCUT2D eigenvalue weighted by atomic mass is 10.2. The van der Waals surface area contributed by atoms with Crippen molar-refractivity contribution in [3.8, 4) is 0 Å². The highest BCUT2D eigenvalue weighted by Crippen LogP contribution is 2.12. The van der Waals surface area contributed by atoms with Crippen LogP contribution in [0.5, 0.6) is 0 Å². The van der Waals surface area contributed by atoms with Gasteiger partial charge in [-0.25, -0.2) is 9.97 Å². The zero-order valence-corrected chi connectivity index (χ0v) is 10.2. The maximum Gasteiger partial charge on any atom is 0.211 e.